The summed E-state index contributed by atoms with van der Waals surface area (Å²) in [4.78, 5) is 41.2. The van der Waals surface area contributed by atoms with E-state index < -0.39 is 27.9 Å². The van der Waals surface area contributed by atoms with E-state index in [2.05, 4.69) is 5.32 Å². The Hall–Kier alpha value is -2.62. The second-order valence-corrected chi connectivity index (χ2v) is 12.3. The molecule has 11 heteroatoms. The van der Waals surface area contributed by atoms with Crippen LogP contribution in [0.2, 0.25) is 10.0 Å². The summed E-state index contributed by atoms with van der Waals surface area (Å²) in [6, 6.07) is 10.2. The van der Waals surface area contributed by atoms with Crippen LogP contribution in [-0.2, 0) is 26.2 Å². The third-order valence-corrected chi connectivity index (χ3v) is 9.72. The van der Waals surface area contributed by atoms with Crippen LogP contribution in [0.15, 0.2) is 47.4 Å². The average Bonchev–Trinajstić information content (AvgIpc) is 3.09. The van der Waals surface area contributed by atoms with E-state index in [1.807, 2.05) is 6.92 Å². The third-order valence-electron chi connectivity index (χ3n) is 7.17. The van der Waals surface area contributed by atoms with Crippen molar-refractivity contribution < 1.29 is 22.8 Å². The number of rotatable bonds is 9. The molecular weight excluding hydrogens is 549 g/mol. The molecule has 0 aromatic heterocycles. The summed E-state index contributed by atoms with van der Waals surface area (Å²) in [5.74, 6) is -1.42. The van der Waals surface area contributed by atoms with E-state index in [0.29, 0.717) is 22.0 Å². The minimum atomic E-state index is -4.06. The molecule has 4 rings (SSSR count). The van der Waals surface area contributed by atoms with Crippen molar-refractivity contribution in [2.24, 2.45) is 0 Å². The lowest BCUT2D eigenvalue weighted by atomic mass is 9.95. The maximum Gasteiger partial charge on any atom is 0.269 e. The summed E-state index contributed by atoms with van der Waals surface area (Å²) >= 11 is 12.8. The fourth-order valence-electron chi connectivity index (χ4n) is 5.11. The molecule has 1 N–H and O–H groups in total. The normalized spacial score (nSPS) is 17.7. The minimum Gasteiger partial charge on any atom is -0.352 e. The zero-order chi connectivity index (χ0) is 27.4. The molecule has 1 aliphatic carbocycles. The molecule has 1 heterocycles. The van der Waals surface area contributed by atoms with Crippen molar-refractivity contribution in [1.29, 1.82) is 0 Å². The Labute approximate surface area is 233 Å². The van der Waals surface area contributed by atoms with Crippen LogP contribution >= 0.6 is 23.2 Å². The predicted molar refractivity (Wildman–Crippen MR) is 145 cm³/mol. The number of nitrogens with zero attached hydrogens (tertiary/aromatic N) is 2. The lowest BCUT2D eigenvalue weighted by Gasteiger charge is -2.33. The van der Waals surface area contributed by atoms with Crippen molar-refractivity contribution >= 4 is 50.9 Å². The Morgan fingerprint density at radius 1 is 1.05 bits per heavy atom. The number of amides is 3. The molecule has 0 bridgehead atoms. The van der Waals surface area contributed by atoms with E-state index in [-0.39, 0.29) is 41.9 Å². The van der Waals surface area contributed by atoms with Crippen molar-refractivity contribution in [3.63, 3.8) is 0 Å². The number of fused-ring (bicyclic) bond motifs is 1. The summed E-state index contributed by atoms with van der Waals surface area (Å²) < 4.78 is 26.6. The Morgan fingerprint density at radius 2 is 1.71 bits per heavy atom. The predicted octanol–water partition coefficient (Wildman–Crippen LogP) is 4.78. The van der Waals surface area contributed by atoms with Crippen LogP contribution < -0.4 is 5.32 Å². The van der Waals surface area contributed by atoms with Gasteiger partial charge in [0.1, 0.15) is 10.9 Å². The Kier molecular flexibility index (Phi) is 9.00. The van der Waals surface area contributed by atoms with E-state index in [9.17, 15) is 22.8 Å². The van der Waals surface area contributed by atoms with Gasteiger partial charge in [-0.2, -0.15) is 0 Å². The average molecular weight is 581 g/mol. The first-order chi connectivity index (χ1) is 18.1. The first-order valence-electron chi connectivity index (χ1n) is 12.8. The molecule has 2 aliphatic rings. The molecule has 0 saturated heterocycles. The Morgan fingerprint density at radius 3 is 2.34 bits per heavy atom. The minimum absolute atomic E-state index is 0.0329. The van der Waals surface area contributed by atoms with Crippen molar-refractivity contribution in [1.82, 2.24) is 14.5 Å². The van der Waals surface area contributed by atoms with E-state index in [1.165, 1.54) is 17.0 Å². The fraction of sp³-hybridized carbons (Fsp3) is 0.444. The molecule has 3 amide bonds. The van der Waals surface area contributed by atoms with Gasteiger partial charge in [-0.25, -0.2) is 12.7 Å². The zero-order valence-corrected chi connectivity index (χ0v) is 23.5. The fourth-order valence-corrected chi connectivity index (χ4v) is 7.20. The van der Waals surface area contributed by atoms with Crippen LogP contribution in [0.25, 0.3) is 0 Å². The number of benzene rings is 2. The SMILES string of the molecule is CC[C@H](C(=O)NC1CCCCC1)N(Cc1c(Cl)cccc1Cl)C(=O)CCN1C(=O)c2ccccc2S1(=O)=O. The number of hydrogen-bond donors (Lipinski definition) is 1. The maximum atomic E-state index is 13.6. The highest BCUT2D eigenvalue weighted by Crippen LogP contribution is 2.31. The van der Waals surface area contributed by atoms with Gasteiger partial charge in [-0.1, -0.05) is 67.6 Å². The number of carbonyl (C=O) groups is 3. The molecular formula is C27H31Cl2N3O5S. The second kappa shape index (κ2) is 12.1. The summed E-state index contributed by atoms with van der Waals surface area (Å²) in [5, 5.41) is 3.80. The number of halogens is 2. The summed E-state index contributed by atoms with van der Waals surface area (Å²) in [6.07, 6.45) is 5.04. The maximum absolute atomic E-state index is 13.6. The monoisotopic (exact) mass is 579 g/mol. The Balaban J connectivity index is 1.57. The summed E-state index contributed by atoms with van der Waals surface area (Å²) in [6.45, 7) is 1.43. The standard InChI is InChI=1S/C27H31Cl2N3O5S/c1-2-23(26(34)30-18-9-4-3-5-10-18)31(17-20-21(28)12-8-13-22(20)29)25(33)15-16-32-27(35)19-11-6-7-14-24(19)38(32,36)37/h6-8,11-14,18,23H,2-5,9-10,15-17H2,1H3,(H,30,34)/t23-/m1/s1. The molecule has 1 fully saturated rings. The van der Waals surface area contributed by atoms with Gasteiger partial charge >= 0.3 is 0 Å². The van der Waals surface area contributed by atoms with Gasteiger partial charge in [0.2, 0.25) is 11.8 Å². The van der Waals surface area contributed by atoms with E-state index in [4.69, 9.17) is 23.2 Å². The molecule has 1 aliphatic heterocycles. The largest absolute Gasteiger partial charge is 0.352 e. The van der Waals surface area contributed by atoms with Crippen molar-refractivity contribution in [3.05, 3.63) is 63.6 Å². The molecule has 204 valence electrons. The topological polar surface area (TPSA) is 104 Å². The lowest BCUT2D eigenvalue weighted by Crippen LogP contribution is -2.52. The number of sulfonamides is 1. The summed E-state index contributed by atoms with van der Waals surface area (Å²) in [5.41, 5.74) is 0.573. The van der Waals surface area contributed by atoms with Gasteiger partial charge in [0.05, 0.1) is 5.56 Å². The van der Waals surface area contributed by atoms with Crippen LogP contribution in [-0.4, -0.2) is 54.0 Å². The zero-order valence-electron chi connectivity index (χ0n) is 21.2. The van der Waals surface area contributed by atoms with Crippen LogP contribution in [0.1, 0.15) is 67.8 Å². The van der Waals surface area contributed by atoms with Gasteiger partial charge in [0.25, 0.3) is 15.9 Å². The van der Waals surface area contributed by atoms with Gasteiger partial charge in [-0.05, 0) is 43.5 Å². The summed E-state index contributed by atoms with van der Waals surface area (Å²) in [7, 11) is -4.06. The smallest absolute Gasteiger partial charge is 0.269 e. The number of carbonyl (C=O) groups excluding carboxylic acids is 3. The van der Waals surface area contributed by atoms with Gasteiger partial charge in [-0.3, -0.25) is 14.4 Å². The van der Waals surface area contributed by atoms with Crippen LogP contribution in [0.4, 0.5) is 0 Å². The van der Waals surface area contributed by atoms with Gasteiger partial charge in [0, 0.05) is 41.2 Å². The highest BCUT2D eigenvalue weighted by molar-refractivity contribution is 7.90. The molecule has 1 saturated carbocycles. The van der Waals surface area contributed by atoms with Crippen LogP contribution in [0.3, 0.4) is 0 Å². The van der Waals surface area contributed by atoms with Gasteiger partial charge in [-0.15, -0.1) is 0 Å². The number of hydrogen-bond acceptors (Lipinski definition) is 5. The van der Waals surface area contributed by atoms with Crippen molar-refractivity contribution in [2.45, 2.75) is 75.4 Å². The first kappa shape index (κ1) is 28.4. The number of nitrogens with one attached hydrogen (secondary N) is 1. The highest BCUT2D eigenvalue weighted by atomic mass is 35.5. The molecule has 0 unspecified atom stereocenters. The molecule has 2 aromatic rings. The van der Waals surface area contributed by atoms with E-state index in [1.54, 1.807) is 30.3 Å². The quantitative estimate of drug-likeness (QED) is 0.460. The second-order valence-electron chi connectivity index (χ2n) is 9.62. The molecule has 38 heavy (non-hydrogen) atoms. The molecule has 2 aromatic carbocycles. The lowest BCUT2D eigenvalue weighted by molar-refractivity contribution is -0.141. The Bertz CT molecular complexity index is 1310. The van der Waals surface area contributed by atoms with Crippen LogP contribution in [0, 0.1) is 0 Å². The molecule has 8 nitrogen and oxygen atoms in total. The molecule has 0 radical (unpaired) electrons. The first-order valence-corrected chi connectivity index (χ1v) is 15.0. The van der Waals surface area contributed by atoms with Crippen LogP contribution in [0.5, 0.6) is 0 Å². The van der Waals surface area contributed by atoms with E-state index in [0.717, 1.165) is 36.4 Å². The van der Waals surface area contributed by atoms with Crippen molar-refractivity contribution in [2.75, 3.05) is 6.54 Å². The van der Waals surface area contributed by atoms with Crippen molar-refractivity contribution in [3.8, 4) is 0 Å². The van der Waals surface area contributed by atoms with Gasteiger partial charge < -0.3 is 10.2 Å². The third kappa shape index (κ3) is 5.84. The highest BCUT2D eigenvalue weighted by Gasteiger charge is 2.41. The molecule has 1 atom stereocenters. The van der Waals surface area contributed by atoms with Gasteiger partial charge in [0.15, 0.2) is 0 Å². The van der Waals surface area contributed by atoms with E-state index >= 15 is 0 Å². The molecule has 0 spiro atoms.